The van der Waals surface area contributed by atoms with E-state index in [1.165, 1.54) is 0 Å². The second-order valence-electron chi connectivity index (χ2n) is 6.18. The van der Waals surface area contributed by atoms with Gasteiger partial charge in [-0.05, 0) is 33.1 Å². The minimum atomic E-state index is 0.0726. The minimum absolute atomic E-state index is 0.0726. The summed E-state index contributed by atoms with van der Waals surface area (Å²) < 4.78 is 13.8. The van der Waals surface area contributed by atoms with Crippen molar-refractivity contribution in [2.24, 2.45) is 7.05 Å². The molecule has 112 valence electrons. The maximum atomic E-state index is 5.91. The van der Waals surface area contributed by atoms with Crippen LogP contribution in [0.1, 0.15) is 45.0 Å². The topological polar surface area (TPSA) is 48.3 Å². The Morgan fingerprint density at radius 2 is 2.05 bits per heavy atom. The summed E-state index contributed by atoms with van der Waals surface area (Å²) in [7, 11) is 2.03. The SMILES string of the molecule is C[C@@H]1CC(N[C@H]2CCO[C@@H]2c2nccn2C)C[C@@H](C)O1. The lowest BCUT2D eigenvalue weighted by Crippen LogP contribution is -2.46. The molecule has 2 fully saturated rings. The van der Waals surface area contributed by atoms with Crippen LogP contribution in [0.2, 0.25) is 0 Å². The number of ether oxygens (including phenoxy) is 2. The summed E-state index contributed by atoms with van der Waals surface area (Å²) >= 11 is 0. The van der Waals surface area contributed by atoms with Gasteiger partial charge in [-0.25, -0.2) is 4.98 Å². The van der Waals surface area contributed by atoms with Gasteiger partial charge in [-0.1, -0.05) is 0 Å². The van der Waals surface area contributed by atoms with E-state index in [0.717, 1.165) is 31.7 Å². The quantitative estimate of drug-likeness (QED) is 0.916. The fraction of sp³-hybridized carbons (Fsp3) is 0.800. The molecule has 0 radical (unpaired) electrons. The van der Waals surface area contributed by atoms with Crippen molar-refractivity contribution < 1.29 is 9.47 Å². The molecule has 0 aromatic carbocycles. The fourth-order valence-corrected chi connectivity index (χ4v) is 3.51. The Labute approximate surface area is 120 Å². The predicted molar refractivity (Wildman–Crippen MR) is 76.5 cm³/mol. The zero-order valence-corrected chi connectivity index (χ0v) is 12.6. The molecule has 0 amide bonds. The van der Waals surface area contributed by atoms with E-state index in [2.05, 4.69) is 28.7 Å². The number of hydrogen-bond acceptors (Lipinski definition) is 4. The van der Waals surface area contributed by atoms with Crippen molar-refractivity contribution in [3.05, 3.63) is 18.2 Å². The number of aryl methyl sites for hydroxylation is 1. The highest BCUT2D eigenvalue weighted by Gasteiger charge is 2.35. The Morgan fingerprint density at radius 3 is 2.70 bits per heavy atom. The molecular weight excluding hydrogens is 254 g/mol. The first-order valence-electron chi connectivity index (χ1n) is 7.64. The van der Waals surface area contributed by atoms with Gasteiger partial charge in [0.05, 0.1) is 12.2 Å². The van der Waals surface area contributed by atoms with Gasteiger partial charge in [-0.3, -0.25) is 0 Å². The van der Waals surface area contributed by atoms with Crippen LogP contribution in [0.15, 0.2) is 12.4 Å². The molecule has 3 rings (SSSR count). The van der Waals surface area contributed by atoms with E-state index < -0.39 is 0 Å². The Bertz CT molecular complexity index is 438. The molecule has 1 N–H and O–H groups in total. The molecular formula is C15H25N3O2. The van der Waals surface area contributed by atoms with Crippen molar-refractivity contribution in [2.45, 2.75) is 63.5 Å². The van der Waals surface area contributed by atoms with E-state index in [1.54, 1.807) is 0 Å². The molecule has 0 bridgehead atoms. The molecule has 3 heterocycles. The Hall–Kier alpha value is -0.910. The molecule has 5 nitrogen and oxygen atoms in total. The van der Waals surface area contributed by atoms with E-state index in [4.69, 9.17) is 9.47 Å². The molecule has 1 aromatic rings. The zero-order chi connectivity index (χ0) is 14.1. The molecule has 0 aliphatic carbocycles. The molecule has 1 aromatic heterocycles. The van der Waals surface area contributed by atoms with Crippen LogP contribution >= 0.6 is 0 Å². The van der Waals surface area contributed by atoms with Crippen molar-refractivity contribution >= 4 is 0 Å². The van der Waals surface area contributed by atoms with Crippen LogP contribution in [0, 0.1) is 0 Å². The van der Waals surface area contributed by atoms with Crippen LogP contribution in [-0.4, -0.2) is 40.4 Å². The van der Waals surface area contributed by atoms with Crippen LogP contribution in [0.5, 0.6) is 0 Å². The van der Waals surface area contributed by atoms with Crippen molar-refractivity contribution in [2.75, 3.05) is 6.61 Å². The lowest BCUT2D eigenvalue weighted by atomic mass is 9.97. The standard InChI is InChI=1S/C15H25N3O2/c1-10-8-12(9-11(2)20-10)17-13-4-7-19-14(13)15-16-5-6-18(15)3/h5-6,10-14,17H,4,7-9H2,1-3H3/t10-,11-,13+,14+/m1/s1. The molecule has 2 saturated heterocycles. The van der Waals surface area contributed by atoms with Crippen LogP contribution in [0.3, 0.4) is 0 Å². The summed E-state index contributed by atoms with van der Waals surface area (Å²) in [6.45, 7) is 5.13. The van der Waals surface area contributed by atoms with E-state index in [1.807, 2.05) is 19.4 Å². The largest absolute Gasteiger partial charge is 0.375 e. The third kappa shape index (κ3) is 2.90. The number of aromatic nitrogens is 2. The first-order valence-corrected chi connectivity index (χ1v) is 7.64. The van der Waals surface area contributed by atoms with Gasteiger partial charge in [0.2, 0.25) is 0 Å². The fourth-order valence-electron chi connectivity index (χ4n) is 3.51. The third-order valence-electron chi connectivity index (χ3n) is 4.35. The van der Waals surface area contributed by atoms with E-state index in [9.17, 15) is 0 Å². The highest BCUT2D eigenvalue weighted by Crippen LogP contribution is 2.30. The molecule has 20 heavy (non-hydrogen) atoms. The summed E-state index contributed by atoms with van der Waals surface area (Å²) in [5.41, 5.74) is 0. The highest BCUT2D eigenvalue weighted by molar-refractivity contribution is 5.03. The number of nitrogens with zero attached hydrogens (tertiary/aromatic N) is 2. The molecule has 0 unspecified atom stereocenters. The van der Waals surface area contributed by atoms with Crippen LogP contribution < -0.4 is 5.32 Å². The van der Waals surface area contributed by atoms with Gasteiger partial charge in [0.1, 0.15) is 11.9 Å². The minimum Gasteiger partial charge on any atom is -0.375 e. The Balaban J connectivity index is 1.66. The van der Waals surface area contributed by atoms with Crippen LogP contribution in [0.25, 0.3) is 0 Å². The summed E-state index contributed by atoms with van der Waals surface area (Å²) in [4.78, 5) is 4.44. The van der Waals surface area contributed by atoms with Crippen molar-refractivity contribution in [3.63, 3.8) is 0 Å². The average molecular weight is 279 g/mol. The van der Waals surface area contributed by atoms with Gasteiger partial charge in [0, 0.05) is 38.1 Å². The molecule has 4 atom stereocenters. The van der Waals surface area contributed by atoms with Crippen molar-refractivity contribution in [1.29, 1.82) is 0 Å². The number of rotatable bonds is 3. The van der Waals surface area contributed by atoms with Gasteiger partial charge in [-0.15, -0.1) is 0 Å². The average Bonchev–Trinajstić information content (AvgIpc) is 2.96. The summed E-state index contributed by atoms with van der Waals surface area (Å²) in [5.74, 6) is 1.02. The van der Waals surface area contributed by atoms with E-state index >= 15 is 0 Å². The molecule has 0 spiro atoms. The van der Waals surface area contributed by atoms with E-state index in [-0.39, 0.29) is 6.10 Å². The molecule has 5 heteroatoms. The summed E-state index contributed by atoms with van der Waals surface area (Å²) in [6, 6.07) is 0.877. The monoisotopic (exact) mass is 279 g/mol. The van der Waals surface area contributed by atoms with Crippen LogP contribution in [0.4, 0.5) is 0 Å². The van der Waals surface area contributed by atoms with E-state index in [0.29, 0.717) is 24.3 Å². The lowest BCUT2D eigenvalue weighted by molar-refractivity contribution is -0.0451. The number of nitrogens with one attached hydrogen (secondary N) is 1. The van der Waals surface area contributed by atoms with Gasteiger partial charge < -0.3 is 19.4 Å². The van der Waals surface area contributed by atoms with Crippen molar-refractivity contribution in [1.82, 2.24) is 14.9 Å². The third-order valence-corrected chi connectivity index (χ3v) is 4.35. The Morgan fingerprint density at radius 1 is 1.30 bits per heavy atom. The van der Waals surface area contributed by atoms with Crippen molar-refractivity contribution in [3.8, 4) is 0 Å². The molecule has 2 aliphatic heterocycles. The second-order valence-corrected chi connectivity index (χ2v) is 6.18. The van der Waals surface area contributed by atoms with Gasteiger partial charge in [-0.2, -0.15) is 0 Å². The first kappa shape index (κ1) is 14.0. The maximum absolute atomic E-state index is 5.91. The van der Waals surface area contributed by atoms with Gasteiger partial charge in [0.15, 0.2) is 0 Å². The maximum Gasteiger partial charge on any atom is 0.139 e. The molecule has 2 aliphatic rings. The summed E-state index contributed by atoms with van der Waals surface area (Å²) in [6.07, 6.45) is 7.78. The zero-order valence-electron chi connectivity index (χ0n) is 12.6. The predicted octanol–water partition coefficient (Wildman–Crippen LogP) is 1.80. The highest BCUT2D eigenvalue weighted by atomic mass is 16.5. The smallest absolute Gasteiger partial charge is 0.139 e. The van der Waals surface area contributed by atoms with Gasteiger partial charge >= 0.3 is 0 Å². The van der Waals surface area contributed by atoms with Gasteiger partial charge in [0.25, 0.3) is 0 Å². The number of hydrogen-bond donors (Lipinski definition) is 1. The lowest BCUT2D eigenvalue weighted by Gasteiger charge is -2.35. The van der Waals surface area contributed by atoms with Crippen LogP contribution in [-0.2, 0) is 16.5 Å². The normalized spacial score (nSPS) is 38.2. The second kappa shape index (κ2) is 5.84. The Kier molecular flexibility index (Phi) is 4.10. The first-order chi connectivity index (χ1) is 9.63. The number of imidazole rings is 1. The molecule has 0 saturated carbocycles. The summed E-state index contributed by atoms with van der Waals surface area (Å²) in [5, 5.41) is 3.79.